The molecule has 0 unspecified atom stereocenters. The Balaban J connectivity index is 1.71. The van der Waals surface area contributed by atoms with E-state index in [9.17, 15) is 4.79 Å². The van der Waals surface area contributed by atoms with Gasteiger partial charge in [-0.2, -0.15) is 5.10 Å². The molecule has 0 aromatic carbocycles. The van der Waals surface area contributed by atoms with Crippen molar-refractivity contribution >= 4 is 5.69 Å². The van der Waals surface area contributed by atoms with E-state index in [2.05, 4.69) is 10.00 Å². The normalized spacial score (nSPS) is 23.8. The molecule has 6 heteroatoms. The van der Waals surface area contributed by atoms with Gasteiger partial charge in [0.25, 0.3) is 5.56 Å². The van der Waals surface area contributed by atoms with E-state index in [1.807, 2.05) is 0 Å². The number of hydrogen-bond acceptors (Lipinski definition) is 5. The summed E-state index contributed by atoms with van der Waals surface area (Å²) in [5.74, 6) is 0. The van der Waals surface area contributed by atoms with Gasteiger partial charge in [-0.1, -0.05) is 0 Å². The van der Waals surface area contributed by atoms with Crippen LogP contribution in [-0.4, -0.2) is 48.8 Å². The molecule has 0 N–H and O–H groups in total. The van der Waals surface area contributed by atoms with Crippen molar-refractivity contribution in [3.8, 4) is 0 Å². The average Bonchev–Trinajstić information content (AvgIpc) is 2.95. The first-order valence-corrected chi connectivity index (χ1v) is 6.84. The monoisotopic (exact) mass is 265 g/mol. The third-order valence-corrected chi connectivity index (χ3v) is 3.63. The summed E-state index contributed by atoms with van der Waals surface area (Å²) in [6, 6.07) is 1.66. The molecule has 1 atom stereocenters. The van der Waals surface area contributed by atoms with Gasteiger partial charge in [0.1, 0.15) is 0 Å². The molecular weight excluding hydrogens is 246 g/mol. The summed E-state index contributed by atoms with van der Waals surface area (Å²) in [4.78, 5) is 14.2. The highest BCUT2D eigenvalue weighted by Gasteiger charge is 2.18. The fraction of sp³-hybridized carbons (Fsp3) is 0.692. The molecule has 0 radical (unpaired) electrons. The van der Waals surface area contributed by atoms with Crippen LogP contribution in [0, 0.1) is 0 Å². The molecule has 0 spiro atoms. The molecule has 3 rings (SSSR count). The predicted octanol–water partition coefficient (Wildman–Crippen LogP) is 0.259. The van der Waals surface area contributed by atoms with Gasteiger partial charge in [0, 0.05) is 25.8 Å². The Kier molecular flexibility index (Phi) is 3.79. The van der Waals surface area contributed by atoms with Gasteiger partial charge in [0.2, 0.25) is 0 Å². The van der Waals surface area contributed by atoms with E-state index >= 15 is 0 Å². The van der Waals surface area contributed by atoms with Crippen LogP contribution >= 0.6 is 0 Å². The lowest BCUT2D eigenvalue weighted by molar-refractivity contribution is 0.0926. The van der Waals surface area contributed by atoms with Crippen LogP contribution in [0.25, 0.3) is 0 Å². The van der Waals surface area contributed by atoms with Crippen molar-refractivity contribution in [1.29, 1.82) is 0 Å². The summed E-state index contributed by atoms with van der Waals surface area (Å²) in [6.45, 7) is 4.40. The lowest BCUT2D eigenvalue weighted by Crippen LogP contribution is -2.37. The smallest absolute Gasteiger partial charge is 0.268 e. The SMILES string of the molecule is O=c1cc(N2CCOCC2)cnn1C[C@@H]1CCCO1. The highest BCUT2D eigenvalue weighted by molar-refractivity contribution is 5.43. The molecule has 0 aliphatic carbocycles. The molecule has 0 saturated carbocycles. The van der Waals surface area contributed by atoms with Crippen molar-refractivity contribution in [3.05, 3.63) is 22.6 Å². The third-order valence-electron chi connectivity index (χ3n) is 3.63. The molecule has 1 aromatic rings. The zero-order chi connectivity index (χ0) is 13.1. The second-order valence-corrected chi connectivity index (χ2v) is 4.97. The fourth-order valence-corrected chi connectivity index (χ4v) is 2.54. The van der Waals surface area contributed by atoms with Crippen LogP contribution in [0.2, 0.25) is 0 Å². The quantitative estimate of drug-likeness (QED) is 0.784. The molecule has 6 nitrogen and oxygen atoms in total. The average molecular weight is 265 g/mol. The maximum Gasteiger partial charge on any atom is 0.268 e. The Labute approximate surface area is 111 Å². The zero-order valence-electron chi connectivity index (χ0n) is 11.0. The van der Waals surface area contributed by atoms with Crippen molar-refractivity contribution < 1.29 is 9.47 Å². The van der Waals surface area contributed by atoms with Crippen LogP contribution in [0.3, 0.4) is 0 Å². The Morgan fingerprint density at radius 3 is 2.84 bits per heavy atom. The predicted molar refractivity (Wildman–Crippen MR) is 70.5 cm³/mol. The first-order valence-electron chi connectivity index (χ1n) is 6.84. The van der Waals surface area contributed by atoms with Crippen LogP contribution in [0.1, 0.15) is 12.8 Å². The summed E-state index contributed by atoms with van der Waals surface area (Å²) in [6.07, 6.45) is 3.99. The first kappa shape index (κ1) is 12.6. The highest BCUT2D eigenvalue weighted by atomic mass is 16.5. The van der Waals surface area contributed by atoms with Gasteiger partial charge >= 0.3 is 0 Å². The Morgan fingerprint density at radius 2 is 2.16 bits per heavy atom. The third kappa shape index (κ3) is 2.96. The first-order chi connectivity index (χ1) is 9.33. The van der Waals surface area contributed by atoms with Gasteiger partial charge < -0.3 is 14.4 Å². The minimum Gasteiger partial charge on any atom is -0.378 e. The number of aromatic nitrogens is 2. The van der Waals surface area contributed by atoms with Crippen LogP contribution in [0.5, 0.6) is 0 Å². The van der Waals surface area contributed by atoms with Crippen molar-refractivity contribution in [2.75, 3.05) is 37.8 Å². The van der Waals surface area contributed by atoms with E-state index in [0.29, 0.717) is 19.8 Å². The van der Waals surface area contributed by atoms with Gasteiger partial charge in [-0.05, 0) is 12.8 Å². The van der Waals surface area contributed by atoms with E-state index < -0.39 is 0 Å². The molecule has 104 valence electrons. The molecular formula is C13H19N3O3. The topological polar surface area (TPSA) is 56.6 Å². The number of rotatable bonds is 3. The van der Waals surface area contributed by atoms with Crippen molar-refractivity contribution in [3.63, 3.8) is 0 Å². The van der Waals surface area contributed by atoms with E-state index in [4.69, 9.17) is 9.47 Å². The van der Waals surface area contributed by atoms with Gasteiger partial charge in [0.05, 0.1) is 37.7 Å². The molecule has 3 heterocycles. The maximum absolute atomic E-state index is 12.1. The summed E-state index contributed by atoms with van der Waals surface area (Å²) >= 11 is 0. The van der Waals surface area contributed by atoms with Crippen molar-refractivity contribution in [2.24, 2.45) is 0 Å². The summed E-state index contributed by atoms with van der Waals surface area (Å²) in [5, 5.41) is 4.26. The van der Waals surface area contributed by atoms with Crippen LogP contribution in [-0.2, 0) is 16.0 Å². The van der Waals surface area contributed by atoms with Gasteiger partial charge in [-0.25, -0.2) is 4.68 Å². The largest absolute Gasteiger partial charge is 0.378 e. The lowest BCUT2D eigenvalue weighted by Gasteiger charge is -2.28. The lowest BCUT2D eigenvalue weighted by atomic mass is 10.2. The number of nitrogens with zero attached hydrogens (tertiary/aromatic N) is 3. The Hall–Kier alpha value is -1.40. The minimum atomic E-state index is -0.0560. The van der Waals surface area contributed by atoms with Crippen molar-refractivity contribution in [2.45, 2.75) is 25.5 Å². The molecule has 0 amide bonds. The second kappa shape index (κ2) is 5.71. The Bertz CT molecular complexity index is 476. The summed E-state index contributed by atoms with van der Waals surface area (Å²) in [5.41, 5.74) is 0.830. The summed E-state index contributed by atoms with van der Waals surface area (Å²) in [7, 11) is 0. The van der Waals surface area contributed by atoms with E-state index in [-0.39, 0.29) is 11.7 Å². The molecule has 2 aliphatic rings. The van der Waals surface area contributed by atoms with Crippen LogP contribution in [0.4, 0.5) is 5.69 Å². The molecule has 0 bridgehead atoms. The molecule has 19 heavy (non-hydrogen) atoms. The fourth-order valence-electron chi connectivity index (χ4n) is 2.54. The molecule has 1 aromatic heterocycles. The highest BCUT2D eigenvalue weighted by Crippen LogP contribution is 2.14. The number of anilines is 1. The number of morpholine rings is 1. The van der Waals surface area contributed by atoms with Crippen molar-refractivity contribution in [1.82, 2.24) is 9.78 Å². The maximum atomic E-state index is 12.1. The zero-order valence-corrected chi connectivity index (χ0v) is 11.0. The van der Waals surface area contributed by atoms with E-state index in [0.717, 1.165) is 38.2 Å². The van der Waals surface area contributed by atoms with E-state index in [1.54, 1.807) is 12.3 Å². The number of ether oxygens (including phenoxy) is 2. The van der Waals surface area contributed by atoms with Gasteiger partial charge in [-0.3, -0.25) is 4.79 Å². The van der Waals surface area contributed by atoms with E-state index in [1.165, 1.54) is 4.68 Å². The second-order valence-electron chi connectivity index (χ2n) is 4.97. The summed E-state index contributed by atoms with van der Waals surface area (Å²) < 4.78 is 12.3. The van der Waals surface area contributed by atoms with Crippen LogP contribution in [0.15, 0.2) is 17.1 Å². The Morgan fingerprint density at radius 1 is 1.32 bits per heavy atom. The molecule has 2 fully saturated rings. The van der Waals surface area contributed by atoms with Gasteiger partial charge in [0.15, 0.2) is 0 Å². The van der Waals surface area contributed by atoms with Crippen LogP contribution < -0.4 is 10.5 Å². The molecule has 2 saturated heterocycles. The molecule has 2 aliphatic heterocycles. The minimum absolute atomic E-state index is 0.0560. The standard InChI is InChI=1S/C13H19N3O3/c17-13-8-11(15-3-6-18-7-4-15)9-14-16(13)10-12-2-1-5-19-12/h8-9,12H,1-7,10H2/t12-/m0/s1. The van der Waals surface area contributed by atoms with Gasteiger partial charge in [-0.15, -0.1) is 0 Å². The number of hydrogen-bond donors (Lipinski definition) is 0.